The van der Waals surface area contributed by atoms with E-state index in [1.54, 1.807) is 0 Å². The third kappa shape index (κ3) is 3.14. The SMILES string of the molecule is CC(C)COc1ccc(-c2nc(C3(N)CCCC3)no2)cc1. The molecular weight excluding hydrogens is 278 g/mol. The Bertz CT molecular complexity index is 613. The Morgan fingerprint density at radius 3 is 2.55 bits per heavy atom. The van der Waals surface area contributed by atoms with Gasteiger partial charge in [0.15, 0.2) is 5.82 Å². The quantitative estimate of drug-likeness (QED) is 0.915. The Morgan fingerprint density at radius 2 is 1.91 bits per heavy atom. The van der Waals surface area contributed by atoms with Gasteiger partial charge in [-0.15, -0.1) is 0 Å². The van der Waals surface area contributed by atoms with E-state index in [9.17, 15) is 0 Å². The second kappa shape index (κ2) is 6.08. The summed E-state index contributed by atoms with van der Waals surface area (Å²) in [6.45, 7) is 4.96. The Morgan fingerprint density at radius 1 is 1.23 bits per heavy atom. The van der Waals surface area contributed by atoms with E-state index >= 15 is 0 Å². The smallest absolute Gasteiger partial charge is 0.257 e. The third-order valence-corrected chi connectivity index (χ3v) is 4.05. The predicted octanol–water partition coefficient (Wildman–Crippen LogP) is 3.50. The van der Waals surface area contributed by atoms with Crippen LogP contribution >= 0.6 is 0 Å². The van der Waals surface area contributed by atoms with Gasteiger partial charge in [0.2, 0.25) is 0 Å². The average molecular weight is 301 g/mol. The summed E-state index contributed by atoms with van der Waals surface area (Å²) in [5, 5.41) is 4.09. The van der Waals surface area contributed by atoms with Gasteiger partial charge in [0.25, 0.3) is 5.89 Å². The van der Waals surface area contributed by atoms with E-state index < -0.39 is 5.54 Å². The van der Waals surface area contributed by atoms with Crippen LogP contribution in [0, 0.1) is 5.92 Å². The van der Waals surface area contributed by atoms with E-state index in [-0.39, 0.29) is 0 Å². The summed E-state index contributed by atoms with van der Waals surface area (Å²) in [7, 11) is 0. The molecule has 22 heavy (non-hydrogen) atoms. The van der Waals surface area contributed by atoms with Crippen molar-refractivity contribution in [3.05, 3.63) is 30.1 Å². The molecule has 0 atom stereocenters. The molecule has 1 aromatic carbocycles. The summed E-state index contributed by atoms with van der Waals surface area (Å²) < 4.78 is 11.1. The Hall–Kier alpha value is -1.88. The van der Waals surface area contributed by atoms with Crippen molar-refractivity contribution >= 4 is 0 Å². The lowest BCUT2D eigenvalue weighted by Crippen LogP contribution is -2.34. The zero-order chi connectivity index (χ0) is 15.6. The molecule has 0 amide bonds. The second-order valence-electron chi connectivity index (χ2n) is 6.52. The molecule has 0 unspecified atom stereocenters. The molecule has 118 valence electrons. The molecule has 1 aliphatic rings. The standard InChI is InChI=1S/C17H23N3O2/c1-12(2)11-21-14-7-5-13(6-8-14)15-19-16(20-22-15)17(18)9-3-4-10-17/h5-8,12H,3-4,9-11,18H2,1-2H3. The van der Waals surface area contributed by atoms with Crippen molar-refractivity contribution in [3.63, 3.8) is 0 Å². The monoisotopic (exact) mass is 301 g/mol. The van der Waals surface area contributed by atoms with Gasteiger partial charge in [-0.25, -0.2) is 0 Å². The zero-order valence-electron chi connectivity index (χ0n) is 13.2. The highest BCUT2D eigenvalue weighted by Crippen LogP contribution is 2.35. The summed E-state index contributed by atoms with van der Waals surface area (Å²) >= 11 is 0. The van der Waals surface area contributed by atoms with Gasteiger partial charge in [0, 0.05) is 5.56 Å². The maximum Gasteiger partial charge on any atom is 0.257 e. The molecule has 0 bridgehead atoms. The first-order valence-electron chi connectivity index (χ1n) is 7.93. The number of benzene rings is 1. The van der Waals surface area contributed by atoms with Crippen LogP contribution in [0.4, 0.5) is 0 Å². The molecule has 3 rings (SSSR count). The van der Waals surface area contributed by atoms with E-state index in [0.29, 0.717) is 24.2 Å². The van der Waals surface area contributed by atoms with Crippen molar-refractivity contribution in [2.45, 2.75) is 45.1 Å². The van der Waals surface area contributed by atoms with E-state index in [1.807, 2.05) is 24.3 Å². The van der Waals surface area contributed by atoms with Crippen molar-refractivity contribution in [2.75, 3.05) is 6.61 Å². The fourth-order valence-electron chi connectivity index (χ4n) is 2.73. The molecule has 1 heterocycles. The lowest BCUT2D eigenvalue weighted by atomic mass is 9.99. The van der Waals surface area contributed by atoms with E-state index in [1.165, 1.54) is 0 Å². The highest BCUT2D eigenvalue weighted by Gasteiger charge is 2.36. The fourth-order valence-corrected chi connectivity index (χ4v) is 2.73. The van der Waals surface area contributed by atoms with Crippen LogP contribution in [0.2, 0.25) is 0 Å². The molecule has 0 aliphatic heterocycles. The molecule has 1 aromatic heterocycles. The maximum atomic E-state index is 6.36. The lowest BCUT2D eigenvalue weighted by molar-refractivity contribution is 0.271. The van der Waals surface area contributed by atoms with Gasteiger partial charge >= 0.3 is 0 Å². The van der Waals surface area contributed by atoms with E-state index in [2.05, 4.69) is 24.0 Å². The van der Waals surface area contributed by atoms with Crippen molar-refractivity contribution in [2.24, 2.45) is 11.7 Å². The van der Waals surface area contributed by atoms with Gasteiger partial charge < -0.3 is 15.0 Å². The Balaban J connectivity index is 1.73. The van der Waals surface area contributed by atoms with Crippen molar-refractivity contribution < 1.29 is 9.26 Å². The molecule has 0 saturated heterocycles. The number of nitrogens with two attached hydrogens (primary N) is 1. The molecule has 5 nitrogen and oxygen atoms in total. The zero-order valence-corrected chi connectivity index (χ0v) is 13.2. The molecule has 0 radical (unpaired) electrons. The number of hydrogen-bond donors (Lipinski definition) is 1. The number of rotatable bonds is 5. The van der Waals surface area contributed by atoms with E-state index in [0.717, 1.165) is 37.0 Å². The Kier molecular flexibility index (Phi) is 4.16. The number of ether oxygens (including phenoxy) is 1. The minimum atomic E-state index is -0.415. The molecule has 1 fully saturated rings. The highest BCUT2D eigenvalue weighted by atomic mass is 16.5. The topological polar surface area (TPSA) is 74.2 Å². The van der Waals surface area contributed by atoms with Crippen LogP contribution in [0.1, 0.15) is 45.4 Å². The Labute approximate surface area is 130 Å². The molecular formula is C17H23N3O2. The maximum absolute atomic E-state index is 6.36. The molecule has 0 spiro atoms. The van der Waals surface area contributed by atoms with Crippen molar-refractivity contribution in [1.82, 2.24) is 10.1 Å². The molecule has 2 N–H and O–H groups in total. The van der Waals surface area contributed by atoms with Crippen LogP contribution in [0.15, 0.2) is 28.8 Å². The summed E-state index contributed by atoms with van der Waals surface area (Å²) in [5.74, 6) is 2.50. The van der Waals surface area contributed by atoms with Gasteiger partial charge in [0.05, 0.1) is 12.1 Å². The van der Waals surface area contributed by atoms with Gasteiger partial charge in [-0.05, 0) is 43.0 Å². The molecule has 5 heteroatoms. The third-order valence-electron chi connectivity index (χ3n) is 4.05. The lowest BCUT2D eigenvalue weighted by Gasteiger charge is -2.17. The average Bonchev–Trinajstić information content (AvgIpc) is 3.15. The number of aromatic nitrogens is 2. The minimum Gasteiger partial charge on any atom is -0.493 e. The number of hydrogen-bond acceptors (Lipinski definition) is 5. The molecule has 1 aliphatic carbocycles. The van der Waals surface area contributed by atoms with Crippen LogP contribution in [-0.2, 0) is 5.54 Å². The van der Waals surface area contributed by atoms with Crippen molar-refractivity contribution in [3.8, 4) is 17.2 Å². The van der Waals surface area contributed by atoms with Crippen LogP contribution in [0.25, 0.3) is 11.5 Å². The number of nitrogens with zero attached hydrogens (tertiary/aromatic N) is 2. The first-order valence-corrected chi connectivity index (χ1v) is 7.93. The first kappa shape index (κ1) is 15.0. The van der Waals surface area contributed by atoms with Gasteiger partial charge in [-0.1, -0.05) is 31.8 Å². The predicted molar refractivity (Wildman–Crippen MR) is 84.4 cm³/mol. The minimum absolute atomic E-state index is 0.415. The molecule has 1 saturated carbocycles. The van der Waals surface area contributed by atoms with Gasteiger partial charge in [-0.3, -0.25) is 0 Å². The fraction of sp³-hybridized carbons (Fsp3) is 0.529. The first-order chi connectivity index (χ1) is 10.6. The van der Waals surface area contributed by atoms with Crippen LogP contribution in [0.3, 0.4) is 0 Å². The van der Waals surface area contributed by atoms with Crippen LogP contribution in [0.5, 0.6) is 5.75 Å². The van der Waals surface area contributed by atoms with Crippen LogP contribution in [-0.4, -0.2) is 16.7 Å². The summed E-state index contributed by atoms with van der Waals surface area (Å²) in [6, 6.07) is 7.72. The highest BCUT2D eigenvalue weighted by molar-refractivity contribution is 5.54. The second-order valence-corrected chi connectivity index (χ2v) is 6.52. The van der Waals surface area contributed by atoms with Gasteiger partial charge in [-0.2, -0.15) is 4.98 Å². The summed E-state index contributed by atoms with van der Waals surface area (Å²) in [6.07, 6.45) is 4.10. The van der Waals surface area contributed by atoms with Crippen molar-refractivity contribution in [1.29, 1.82) is 0 Å². The van der Waals surface area contributed by atoms with E-state index in [4.69, 9.17) is 15.0 Å². The largest absolute Gasteiger partial charge is 0.493 e. The normalized spacial score (nSPS) is 17.1. The summed E-state index contributed by atoms with van der Waals surface area (Å²) in [4.78, 5) is 4.49. The van der Waals surface area contributed by atoms with Crippen LogP contribution < -0.4 is 10.5 Å². The van der Waals surface area contributed by atoms with Gasteiger partial charge in [0.1, 0.15) is 5.75 Å². The summed E-state index contributed by atoms with van der Waals surface area (Å²) in [5.41, 5.74) is 6.83. The molecule has 2 aromatic rings.